The number of nitrogens with zero attached hydrogens (tertiary/aromatic N) is 3. The average molecular weight is 893 g/mol. The number of carbonyl (C=O) groups is 4. The van der Waals surface area contributed by atoms with Gasteiger partial charge >= 0.3 is 18.4 Å². The van der Waals surface area contributed by atoms with Crippen LogP contribution in [0.1, 0.15) is 70.9 Å². The number of methoxy groups -OCH3 is 2. The first-order chi connectivity index (χ1) is 28.5. The van der Waals surface area contributed by atoms with Crippen LogP contribution in [-0.4, -0.2) is 115 Å². The standard InChI is InChI=1S/C38H46F6N6O10S/c1-35(2,38(42,43)44)60-34(54)47-28-20(19-57-3)9-7-5-6-8-10-21-17-36(21,33(53)49-61(55,56)24-12-13-24)48-30(51)27-16-23(18-50(27)32(28)52)59-31-29(37(39,40)41)45-25-14-11-22(58-4)15-26(25)46-31/h8,10-11,14-15,20-21,23-24,27-28H,5-7,9,12-13,16-19H2,1-4H3,(H,47,54)(H,48,51)(H,49,53)/b10-8-/t20-,21?,23+,27-,28-,36+/m0/s1. The fourth-order valence-electron chi connectivity index (χ4n) is 7.41. The molecule has 6 atom stereocenters. The fourth-order valence-corrected chi connectivity index (χ4v) is 8.77. The third-order valence-electron chi connectivity index (χ3n) is 11.2. The summed E-state index contributed by atoms with van der Waals surface area (Å²) in [6.45, 7) is 0.348. The lowest BCUT2D eigenvalue weighted by Crippen LogP contribution is -2.60. The largest absolute Gasteiger partial charge is 0.497 e. The molecule has 1 aromatic heterocycles. The van der Waals surface area contributed by atoms with E-state index in [1.54, 1.807) is 12.2 Å². The summed E-state index contributed by atoms with van der Waals surface area (Å²) in [4.78, 5) is 64.8. The number of rotatable bonds is 10. The van der Waals surface area contributed by atoms with Gasteiger partial charge in [0.15, 0.2) is 0 Å². The van der Waals surface area contributed by atoms with Gasteiger partial charge in [0, 0.05) is 31.4 Å². The molecule has 1 aromatic carbocycles. The SMILES string of the molecule is COC[C@@H]1CCCC/C=C\C2C[C@@]2(C(=O)NS(=O)(=O)C2CC2)NC(=O)[C@@H]2C[C@@H](Oc3nc4cc(OC)ccc4nc3C(F)(F)F)CN2C(=O)[C@H]1NC(=O)OC(C)(C)C(F)(F)F. The van der Waals surface area contributed by atoms with Crippen molar-refractivity contribution in [3.8, 4) is 11.6 Å². The molecule has 0 bridgehead atoms. The number of alkyl halides is 6. The molecular formula is C38H46F6N6O10S. The molecular weight excluding hydrogens is 847 g/mol. The molecule has 2 aliphatic carbocycles. The highest BCUT2D eigenvalue weighted by Gasteiger charge is 2.62. The van der Waals surface area contributed by atoms with E-state index in [1.807, 2.05) is 0 Å². The Hall–Kier alpha value is -4.93. The quantitative estimate of drug-likeness (QED) is 0.226. The lowest BCUT2D eigenvalue weighted by molar-refractivity contribution is -0.244. The highest BCUT2D eigenvalue weighted by atomic mass is 32.2. The Morgan fingerprint density at radius 3 is 2.38 bits per heavy atom. The molecule has 2 aliphatic heterocycles. The zero-order chi connectivity index (χ0) is 44.7. The number of hydrogen-bond donors (Lipinski definition) is 3. The summed E-state index contributed by atoms with van der Waals surface area (Å²) < 4.78 is 133. The van der Waals surface area contributed by atoms with E-state index in [0.717, 1.165) is 4.90 Å². The van der Waals surface area contributed by atoms with Crippen molar-refractivity contribution in [2.75, 3.05) is 27.4 Å². The fraction of sp³-hybridized carbons (Fsp3) is 0.632. The number of alkyl carbamates (subject to hydrolysis) is 1. The van der Waals surface area contributed by atoms with Gasteiger partial charge in [-0.2, -0.15) is 26.3 Å². The Kier molecular flexibility index (Phi) is 12.8. The third kappa shape index (κ3) is 10.1. The van der Waals surface area contributed by atoms with Crippen LogP contribution in [0.3, 0.4) is 0 Å². The molecule has 3 heterocycles. The number of nitrogens with one attached hydrogen (secondary N) is 3. The van der Waals surface area contributed by atoms with E-state index in [4.69, 9.17) is 18.9 Å². The molecule has 4 aliphatic rings. The third-order valence-corrected chi connectivity index (χ3v) is 13.0. The average Bonchev–Trinajstić information content (AvgIpc) is 4.09. The van der Waals surface area contributed by atoms with E-state index >= 15 is 0 Å². The summed E-state index contributed by atoms with van der Waals surface area (Å²) in [5.74, 6) is -5.51. The Balaban J connectivity index is 1.39. The molecule has 61 heavy (non-hydrogen) atoms. The number of hydrogen-bond acceptors (Lipinski definition) is 12. The number of fused-ring (bicyclic) bond motifs is 3. The molecule has 3 fully saturated rings. The van der Waals surface area contributed by atoms with Gasteiger partial charge in [-0.3, -0.25) is 19.1 Å². The molecule has 0 radical (unpaired) electrons. The maximum absolute atomic E-state index is 14.8. The second-order valence-electron chi connectivity index (χ2n) is 16.1. The van der Waals surface area contributed by atoms with Crippen molar-refractivity contribution in [2.45, 2.75) is 112 Å². The first-order valence-corrected chi connectivity index (χ1v) is 21.0. The van der Waals surface area contributed by atoms with Crippen LogP contribution >= 0.6 is 0 Å². The van der Waals surface area contributed by atoms with E-state index in [2.05, 4.69) is 25.3 Å². The number of amides is 4. The molecule has 3 N–H and O–H groups in total. The second-order valence-corrected chi connectivity index (χ2v) is 18.1. The van der Waals surface area contributed by atoms with Crippen molar-refractivity contribution in [3.05, 3.63) is 36.0 Å². The number of sulfonamides is 1. The van der Waals surface area contributed by atoms with Crippen LogP contribution in [0.5, 0.6) is 11.6 Å². The van der Waals surface area contributed by atoms with E-state index in [-0.39, 0.29) is 36.2 Å². The number of carbonyl (C=O) groups excluding carboxylic acids is 4. The van der Waals surface area contributed by atoms with Crippen LogP contribution in [0.2, 0.25) is 0 Å². The van der Waals surface area contributed by atoms with Crippen LogP contribution in [0.25, 0.3) is 11.0 Å². The van der Waals surface area contributed by atoms with Gasteiger partial charge < -0.3 is 34.5 Å². The summed E-state index contributed by atoms with van der Waals surface area (Å²) in [5.41, 5.74) is -6.56. The molecule has 23 heteroatoms. The van der Waals surface area contributed by atoms with Gasteiger partial charge in [0.2, 0.25) is 39.0 Å². The predicted molar refractivity (Wildman–Crippen MR) is 201 cm³/mol. The number of aromatic nitrogens is 2. The maximum atomic E-state index is 14.8. The summed E-state index contributed by atoms with van der Waals surface area (Å²) in [7, 11) is -1.48. The molecule has 2 saturated carbocycles. The van der Waals surface area contributed by atoms with Gasteiger partial charge in [0.25, 0.3) is 5.91 Å². The van der Waals surface area contributed by atoms with Gasteiger partial charge in [-0.15, -0.1) is 0 Å². The Morgan fingerprint density at radius 2 is 1.74 bits per heavy atom. The van der Waals surface area contributed by atoms with Crippen molar-refractivity contribution in [1.82, 2.24) is 30.2 Å². The molecule has 336 valence electrons. The Bertz CT molecular complexity index is 2170. The van der Waals surface area contributed by atoms with Crippen molar-refractivity contribution in [3.63, 3.8) is 0 Å². The minimum Gasteiger partial charge on any atom is -0.497 e. The van der Waals surface area contributed by atoms with Crippen molar-refractivity contribution < 1.29 is 72.9 Å². The van der Waals surface area contributed by atoms with Crippen LogP contribution < -0.4 is 24.8 Å². The van der Waals surface area contributed by atoms with Crippen LogP contribution in [-0.2, 0) is 40.1 Å². The van der Waals surface area contributed by atoms with E-state index in [9.17, 15) is 53.9 Å². The highest BCUT2D eigenvalue weighted by molar-refractivity contribution is 7.91. The van der Waals surface area contributed by atoms with Crippen molar-refractivity contribution in [2.24, 2.45) is 11.8 Å². The summed E-state index contributed by atoms with van der Waals surface area (Å²) >= 11 is 0. The zero-order valence-electron chi connectivity index (χ0n) is 33.5. The highest BCUT2D eigenvalue weighted by Crippen LogP contribution is 2.46. The second kappa shape index (κ2) is 17.1. The minimum atomic E-state index is -5.10. The first kappa shape index (κ1) is 45.6. The van der Waals surface area contributed by atoms with Gasteiger partial charge in [-0.1, -0.05) is 18.6 Å². The van der Waals surface area contributed by atoms with E-state index < -0.39 is 117 Å². The van der Waals surface area contributed by atoms with Gasteiger partial charge in [-0.05, 0) is 64.5 Å². The summed E-state index contributed by atoms with van der Waals surface area (Å²) in [6, 6.07) is 0.558. The molecule has 1 saturated heterocycles. The minimum absolute atomic E-state index is 0.0339. The number of ether oxygens (including phenoxy) is 4. The molecule has 6 rings (SSSR count). The maximum Gasteiger partial charge on any atom is 0.438 e. The number of allylic oxidation sites excluding steroid dienone is 1. The molecule has 1 unspecified atom stereocenters. The van der Waals surface area contributed by atoms with Crippen LogP contribution in [0.15, 0.2) is 30.4 Å². The molecule has 4 amide bonds. The Labute approximate surface area is 346 Å². The summed E-state index contributed by atoms with van der Waals surface area (Å²) in [5, 5.41) is 4.04. The monoisotopic (exact) mass is 892 g/mol. The zero-order valence-corrected chi connectivity index (χ0v) is 34.3. The lowest BCUT2D eigenvalue weighted by Gasteiger charge is -2.34. The van der Waals surface area contributed by atoms with Gasteiger partial charge in [0.1, 0.15) is 29.5 Å². The molecule has 2 aromatic rings. The van der Waals surface area contributed by atoms with Gasteiger partial charge in [-0.25, -0.2) is 23.2 Å². The van der Waals surface area contributed by atoms with Crippen molar-refractivity contribution >= 4 is 44.9 Å². The molecule has 16 nitrogen and oxygen atoms in total. The predicted octanol–water partition coefficient (Wildman–Crippen LogP) is 4.32. The van der Waals surface area contributed by atoms with Crippen molar-refractivity contribution in [1.29, 1.82) is 0 Å². The van der Waals surface area contributed by atoms with Crippen LogP contribution in [0, 0.1) is 11.8 Å². The van der Waals surface area contributed by atoms with E-state index in [0.29, 0.717) is 46.0 Å². The first-order valence-electron chi connectivity index (χ1n) is 19.5. The topological polar surface area (TPSA) is 204 Å². The normalized spacial score (nSPS) is 27.1. The summed E-state index contributed by atoms with van der Waals surface area (Å²) in [6.07, 6.45) is -8.23. The lowest BCUT2D eigenvalue weighted by atomic mass is 9.92. The van der Waals surface area contributed by atoms with E-state index in [1.165, 1.54) is 32.4 Å². The molecule has 0 spiro atoms. The Morgan fingerprint density at radius 1 is 1.02 bits per heavy atom. The van der Waals surface area contributed by atoms with Gasteiger partial charge in [0.05, 0.1) is 36.5 Å². The smallest absolute Gasteiger partial charge is 0.438 e. The number of benzene rings is 1. The number of halogens is 6. The van der Waals surface area contributed by atoms with Crippen LogP contribution in [0.4, 0.5) is 31.1 Å².